The van der Waals surface area contributed by atoms with E-state index in [0.717, 1.165) is 4.47 Å². The van der Waals surface area contributed by atoms with Gasteiger partial charge >= 0.3 is 0 Å². The minimum atomic E-state index is -3.77. The van der Waals surface area contributed by atoms with Crippen molar-refractivity contribution in [1.82, 2.24) is 14.9 Å². The maximum absolute atomic E-state index is 12.2. The van der Waals surface area contributed by atoms with Gasteiger partial charge in [-0.15, -0.1) is 10.2 Å². The molecule has 1 aromatic heterocycles. The molecule has 1 heterocycles. The molecule has 10 heteroatoms. The quantitative estimate of drug-likeness (QED) is 0.792. The minimum absolute atomic E-state index is 0.0853. The van der Waals surface area contributed by atoms with Crippen LogP contribution in [0.4, 0.5) is 5.13 Å². The highest BCUT2D eigenvalue weighted by atomic mass is 79.9. The fourth-order valence-corrected chi connectivity index (χ4v) is 3.59. The summed E-state index contributed by atoms with van der Waals surface area (Å²) in [6, 6.07) is 5.18. The van der Waals surface area contributed by atoms with E-state index in [4.69, 9.17) is 0 Å². The Kier molecular flexibility index (Phi) is 5.27. The van der Waals surface area contributed by atoms with Crippen LogP contribution in [0, 0.1) is 6.92 Å². The monoisotopic (exact) mass is 404 g/mol. The van der Waals surface area contributed by atoms with Gasteiger partial charge < -0.3 is 0 Å². The second kappa shape index (κ2) is 6.82. The zero-order chi connectivity index (χ0) is 16.3. The van der Waals surface area contributed by atoms with Gasteiger partial charge in [-0.1, -0.05) is 27.3 Å². The lowest BCUT2D eigenvalue weighted by Gasteiger charge is -2.13. The molecule has 1 amide bonds. The summed E-state index contributed by atoms with van der Waals surface area (Å²) in [5.41, 5.74) is 0. The SMILES string of the molecule is Cc1nnc(NC(=O)C(C)NS(=O)(=O)c2ccc(Br)cc2)s1. The summed E-state index contributed by atoms with van der Waals surface area (Å²) in [7, 11) is -3.77. The fraction of sp³-hybridized carbons (Fsp3) is 0.250. The first-order chi connectivity index (χ1) is 10.3. The third-order valence-electron chi connectivity index (χ3n) is 2.61. The molecule has 7 nitrogen and oxygen atoms in total. The van der Waals surface area contributed by atoms with E-state index in [1.54, 1.807) is 19.1 Å². The Bertz CT molecular complexity index is 774. The molecule has 1 aromatic carbocycles. The van der Waals surface area contributed by atoms with Crippen LogP contribution in [-0.4, -0.2) is 30.6 Å². The highest BCUT2D eigenvalue weighted by molar-refractivity contribution is 9.10. The van der Waals surface area contributed by atoms with E-state index >= 15 is 0 Å². The van der Waals surface area contributed by atoms with Crippen molar-refractivity contribution in [2.75, 3.05) is 5.32 Å². The van der Waals surface area contributed by atoms with Crippen LogP contribution in [0.25, 0.3) is 0 Å². The highest BCUT2D eigenvalue weighted by Crippen LogP contribution is 2.16. The summed E-state index contributed by atoms with van der Waals surface area (Å²) in [6.07, 6.45) is 0. The van der Waals surface area contributed by atoms with E-state index in [0.29, 0.717) is 10.1 Å². The molecule has 0 spiro atoms. The predicted molar refractivity (Wildman–Crippen MR) is 87.2 cm³/mol. The zero-order valence-corrected chi connectivity index (χ0v) is 14.9. The lowest BCUT2D eigenvalue weighted by atomic mass is 10.3. The third kappa shape index (κ3) is 4.32. The van der Waals surface area contributed by atoms with Crippen LogP contribution < -0.4 is 10.0 Å². The smallest absolute Gasteiger partial charge is 0.244 e. The predicted octanol–water partition coefficient (Wildman–Crippen LogP) is 1.91. The van der Waals surface area contributed by atoms with Crippen molar-refractivity contribution in [3.05, 3.63) is 33.7 Å². The Hall–Kier alpha value is -1.36. The van der Waals surface area contributed by atoms with Crippen molar-refractivity contribution in [3.63, 3.8) is 0 Å². The molecule has 0 aliphatic rings. The van der Waals surface area contributed by atoms with Crippen molar-refractivity contribution in [3.8, 4) is 0 Å². The van der Waals surface area contributed by atoms with E-state index in [1.165, 1.54) is 30.4 Å². The van der Waals surface area contributed by atoms with Crippen LogP contribution in [0.1, 0.15) is 11.9 Å². The van der Waals surface area contributed by atoms with E-state index < -0.39 is 22.0 Å². The van der Waals surface area contributed by atoms with Crippen molar-refractivity contribution in [2.45, 2.75) is 24.8 Å². The number of hydrogen-bond donors (Lipinski definition) is 2. The molecular formula is C12H13BrN4O3S2. The van der Waals surface area contributed by atoms with Crippen LogP contribution >= 0.6 is 27.3 Å². The molecule has 0 aliphatic carbocycles. The number of benzene rings is 1. The number of aryl methyl sites for hydroxylation is 1. The van der Waals surface area contributed by atoms with Crippen LogP contribution in [-0.2, 0) is 14.8 Å². The van der Waals surface area contributed by atoms with Crippen molar-refractivity contribution < 1.29 is 13.2 Å². The van der Waals surface area contributed by atoms with Crippen molar-refractivity contribution >= 4 is 48.3 Å². The lowest BCUT2D eigenvalue weighted by Crippen LogP contribution is -2.41. The number of amides is 1. The number of nitrogens with one attached hydrogen (secondary N) is 2. The number of sulfonamides is 1. The molecule has 0 aliphatic heterocycles. The number of nitrogens with zero attached hydrogens (tertiary/aromatic N) is 2. The third-order valence-corrected chi connectivity index (χ3v) is 5.44. The topological polar surface area (TPSA) is 101 Å². The van der Waals surface area contributed by atoms with Gasteiger partial charge in [-0.25, -0.2) is 8.42 Å². The Balaban J connectivity index is 2.05. The average molecular weight is 405 g/mol. The average Bonchev–Trinajstić information content (AvgIpc) is 2.84. The van der Waals surface area contributed by atoms with Gasteiger partial charge in [0, 0.05) is 4.47 Å². The number of carbonyl (C=O) groups is 1. The molecule has 0 fully saturated rings. The van der Waals surface area contributed by atoms with Gasteiger partial charge in [0.05, 0.1) is 10.9 Å². The van der Waals surface area contributed by atoms with E-state index in [2.05, 4.69) is 36.2 Å². The molecule has 2 N–H and O–H groups in total. The van der Waals surface area contributed by atoms with Crippen molar-refractivity contribution in [2.24, 2.45) is 0 Å². The number of aromatic nitrogens is 2. The molecule has 2 aromatic rings. The van der Waals surface area contributed by atoms with Gasteiger partial charge in [0.25, 0.3) is 0 Å². The van der Waals surface area contributed by atoms with E-state index in [1.807, 2.05) is 0 Å². The van der Waals surface area contributed by atoms with Crippen LogP contribution in [0.5, 0.6) is 0 Å². The van der Waals surface area contributed by atoms with Crippen LogP contribution in [0.15, 0.2) is 33.6 Å². The molecular weight excluding hydrogens is 392 g/mol. The maximum Gasteiger partial charge on any atom is 0.244 e. The summed E-state index contributed by atoms with van der Waals surface area (Å²) in [5.74, 6) is -0.503. The number of hydrogen-bond acceptors (Lipinski definition) is 6. The van der Waals surface area contributed by atoms with Gasteiger partial charge in [0.15, 0.2) is 0 Å². The van der Waals surface area contributed by atoms with Gasteiger partial charge in [-0.2, -0.15) is 4.72 Å². The largest absolute Gasteiger partial charge is 0.299 e. The molecule has 1 unspecified atom stereocenters. The molecule has 0 saturated heterocycles. The fourth-order valence-electron chi connectivity index (χ4n) is 1.53. The van der Waals surface area contributed by atoms with Gasteiger partial charge in [-0.05, 0) is 38.1 Å². The molecule has 0 saturated carbocycles. The molecule has 0 bridgehead atoms. The second-order valence-corrected chi connectivity index (χ2v) is 8.22. The van der Waals surface area contributed by atoms with Crippen LogP contribution in [0.2, 0.25) is 0 Å². The summed E-state index contributed by atoms with van der Waals surface area (Å²) >= 11 is 4.45. The van der Waals surface area contributed by atoms with E-state index in [-0.39, 0.29) is 4.90 Å². The summed E-state index contributed by atoms with van der Waals surface area (Å²) in [6.45, 7) is 3.21. The molecule has 2 rings (SSSR count). The zero-order valence-electron chi connectivity index (χ0n) is 11.7. The highest BCUT2D eigenvalue weighted by Gasteiger charge is 2.22. The van der Waals surface area contributed by atoms with Gasteiger partial charge in [0.2, 0.25) is 21.1 Å². The first kappa shape index (κ1) is 17.0. The number of halogens is 1. The molecule has 0 radical (unpaired) electrons. The first-order valence-corrected chi connectivity index (χ1v) is 9.26. The summed E-state index contributed by atoms with van der Waals surface area (Å²) in [4.78, 5) is 12.1. The first-order valence-electron chi connectivity index (χ1n) is 6.17. The summed E-state index contributed by atoms with van der Waals surface area (Å²) < 4.78 is 27.5. The number of rotatable bonds is 5. The standard InChI is InChI=1S/C12H13BrN4O3S2/c1-7(11(18)14-12-16-15-8(2)21-12)17-22(19,20)10-5-3-9(13)4-6-10/h3-7,17H,1-2H3,(H,14,16,18). The Labute approximate surface area is 140 Å². The number of anilines is 1. The lowest BCUT2D eigenvalue weighted by molar-refractivity contribution is -0.117. The summed E-state index contributed by atoms with van der Waals surface area (Å²) in [5, 5.41) is 11.1. The van der Waals surface area contributed by atoms with E-state index in [9.17, 15) is 13.2 Å². The molecule has 118 valence electrons. The van der Waals surface area contributed by atoms with Gasteiger partial charge in [-0.3, -0.25) is 10.1 Å². The molecule has 1 atom stereocenters. The van der Waals surface area contributed by atoms with Gasteiger partial charge in [0.1, 0.15) is 5.01 Å². The second-order valence-electron chi connectivity index (χ2n) is 4.41. The van der Waals surface area contributed by atoms with Crippen LogP contribution in [0.3, 0.4) is 0 Å². The maximum atomic E-state index is 12.2. The Morgan fingerprint density at radius 1 is 1.27 bits per heavy atom. The Morgan fingerprint density at radius 2 is 1.91 bits per heavy atom. The molecule has 22 heavy (non-hydrogen) atoms. The number of carbonyl (C=O) groups excluding carboxylic acids is 1. The minimum Gasteiger partial charge on any atom is -0.299 e. The van der Waals surface area contributed by atoms with Crippen molar-refractivity contribution in [1.29, 1.82) is 0 Å². The Morgan fingerprint density at radius 3 is 2.45 bits per heavy atom. The normalized spacial score (nSPS) is 12.9.